The minimum Gasteiger partial charge on any atom is -0.464 e. The Morgan fingerprint density at radius 3 is 2.70 bits per heavy atom. The summed E-state index contributed by atoms with van der Waals surface area (Å²) in [5.74, 6) is -0.380. The Balaban J connectivity index is 2.24. The molecule has 0 amide bonds. The van der Waals surface area contributed by atoms with Crippen molar-refractivity contribution >= 4 is 17.3 Å². The summed E-state index contributed by atoms with van der Waals surface area (Å²) in [7, 11) is 0. The van der Waals surface area contributed by atoms with Crippen molar-refractivity contribution in [1.82, 2.24) is 0 Å². The molecule has 2 aliphatic rings. The molecule has 0 aromatic heterocycles. The fourth-order valence-electron chi connectivity index (χ4n) is 2.94. The van der Waals surface area contributed by atoms with Gasteiger partial charge in [-0.3, -0.25) is 8.37 Å². The molecule has 0 N–H and O–H groups in total. The molecular formula is C14H20O5S. The lowest BCUT2D eigenvalue weighted by atomic mass is 9.77. The lowest BCUT2D eigenvalue weighted by Crippen LogP contribution is -2.41. The maximum atomic E-state index is 11.9. The van der Waals surface area contributed by atoms with E-state index in [0.717, 1.165) is 5.57 Å². The summed E-state index contributed by atoms with van der Waals surface area (Å²) in [6, 6.07) is 0. The van der Waals surface area contributed by atoms with Crippen molar-refractivity contribution in [2.24, 2.45) is 11.8 Å². The number of allylic oxidation sites excluding steroid dienone is 3. The number of hydrogen-bond acceptors (Lipinski definition) is 5. The van der Waals surface area contributed by atoms with E-state index in [2.05, 4.69) is 19.1 Å². The number of carbonyl (C=O) groups excluding carboxylic acids is 1. The largest absolute Gasteiger partial charge is 0.464 e. The smallest absolute Gasteiger partial charge is 0.339 e. The predicted octanol–water partition coefficient (Wildman–Crippen LogP) is 2.07. The van der Waals surface area contributed by atoms with E-state index in [1.165, 1.54) is 5.57 Å². The first kappa shape index (κ1) is 15.4. The summed E-state index contributed by atoms with van der Waals surface area (Å²) in [4.78, 5) is 11.9. The van der Waals surface area contributed by atoms with Gasteiger partial charge in [0.05, 0.1) is 6.61 Å². The average Bonchev–Trinajstić information content (AvgIpc) is 2.70. The van der Waals surface area contributed by atoms with Gasteiger partial charge in [-0.2, -0.15) is 4.21 Å². The number of hydrogen-bond donors (Lipinski definition) is 0. The molecule has 1 aliphatic heterocycles. The highest BCUT2D eigenvalue weighted by atomic mass is 32.2. The van der Waals surface area contributed by atoms with Crippen molar-refractivity contribution in [3.05, 3.63) is 23.3 Å². The second-order valence-corrected chi connectivity index (χ2v) is 6.01. The third-order valence-corrected chi connectivity index (χ3v) is 4.36. The zero-order chi connectivity index (χ0) is 14.9. The van der Waals surface area contributed by atoms with Crippen LogP contribution in [0.25, 0.3) is 0 Å². The van der Waals surface area contributed by atoms with Crippen LogP contribution < -0.4 is 0 Å². The van der Waals surface area contributed by atoms with E-state index in [0.29, 0.717) is 0 Å². The van der Waals surface area contributed by atoms with Crippen LogP contribution in [0.3, 0.4) is 0 Å². The number of carbonyl (C=O) groups is 1. The minimum atomic E-state index is -1.90. The third kappa shape index (κ3) is 3.02. The van der Waals surface area contributed by atoms with Gasteiger partial charge in [-0.15, -0.1) is 0 Å². The normalized spacial score (nSPS) is 37.3. The van der Waals surface area contributed by atoms with Crippen molar-refractivity contribution in [2.75, 3.05) is 6.61 Å². The van der Waals surface area contributed by atoms with Crippen LogP contribution >= 0.6 is 0 Å². The summed E-state index contributed by atoms with van der Waals surface area (Å²) in [6.07, 6.45) is 2.66. The molecular weight excluding hydrogens is 280 g/mol. The summed E-state index contributed by atoms with van der Waals surface area (Å²) < 4.78 is 26.9. The average molecular weight is 300 g/mol. The maximum Gasteiger partial charge on any atom is 0.339 e. The lowest BCUT2D eigenvalue weighted by molar-refractivity contribution is -0.153. The summed E-state index contributed by atoms with van der Waals surface area (Å²) >= 11 is -1.90. The van der Waals surface area contributed by atoms with E-state index in [9.17, 15) is 9.00 Å². The van der Waals surface area contributed by atoms with Gasteiger partial charge >= 0.3 is 17.3 Å². The molecule has 5 atom stereocenters. The highest BCUT2D eigenvalue weighted by Gasteiger charge is 2.48. The van der Waals surface area contributed by atoms with Crippen LogP contribution in [-0.4, -0.2) is 29.0 Å². The highest BCUT2D eigenvalue weighted by Crippen LogP contribution is 2.38. The van der Waals surface area contributed by atoms with Gasteiger partial charge in [0.15, 0.2) is 0 Å². The van der Waals surface area contributed by atoms with E-state index in [4.69, 9.17) is 13.1 Å². The standard InChI is InChI=1S/C14H20O5S/c1-5-17-14(15)13-12(18-20(16)19-13)11-9(3)6-8(2)7-10(11)4/h6-7,9,11-13H,5H2,1-4H3/t9?,11-,12?,13-,20?/m1/s1. The van der Waals surface area contributed by atoms with E-state index in [-0.39, 0.29) is 18.4 Å². The molecule has 6 heteroatoms. The van der Waals surface area contributed by atoms with Crippen molar-refractivity contribution in [1.29, 1.82) is 0 Å². The number of esters is 1. The summed E-state index contributed by atoms with van der Waals surface area (Å²) in [5, 5.41) is 0. The zero-order valence-corrected chi connectivity index (χ0v) is 12.9. The van der Waals surface area contributed by atoms with Gasteiger partial charge in [-0.1, -0.05) is 30.2 Å². The molecule has 2 rings (SSSR count). The van der Waals surface area contributed by atoms with E-state index < -0.39 is 29.5 Å². The highest BCUT2D eigenvalue weighted by molar-refractivity contribution is 7.75. The Hall–Kier alpha value is -0.980. The number of rotatable bonds is 3. The van der Waals surface area contributed by atoms with Crippen LogP contribution in [0.15, 0.2) is 23.3 Å². The number of ether oxygens (including phenoxy) is 1. The van der Waals surface area contributed by atoms with Gasteiger partial charge in [-0.25, -0.2) is 4.79 Å². The summed E-state index contributed by atoms with van der Waals surface area (Å²) in [6.45, 7) is 8.05. The Morgan fingerprint density at radius 2 is 2.10 bits per heavy atom. The molecule has 0 spiro atoms. The second-order valence-electron chi connectivity index (χ2n) is 5.22. The van der Waals surface area contributed by atoms with Crippen molar-refractivity contribution in [3.8, 4) is 0 Å². The molecule has 0 aromatic carbocycles. The third-order valence-electron chi connectivity index (χ3n) is 3.62. The molecule has 3 unspecified atom stereocenters. The Morgan fingerprint density at radius 1 is 1.40 bits per heavy atom. The Bertz CT molecular complexity index is 482. The van der Waals surface area contributed by atoms with Gasteiger partial charge in [0, 0.05) is 5.92 Å². The molecule has 0 aromatic rings. The van der Waals surface area contributed by atoms with Crippen molar-refractivity contribution in [2.45, 2.75) is 39.9 Å². The Labute approximate surface area is 121 Å². The first-order valence-corrected chi connectivity index (χ1v) is 7.73. The molecule has 20 heavy (non-hydrogen) atoms. The molecule has 1 heterocycles. The van der Waals surface area contributed by atoms with Crippen LogP contribution in [0.2, 0.25) is 0 Å². The van der Waals surface area contributed by atoms with Gasteiger partial charge in [0.2, 0.25) is 6.10 Å². The quantitative estimate of drug-likeness (QED) is 0.747. The van der Waals surface area contributed by atoms with E-state index >= 15 is 0 Å². The SMILES string of the molecule is CCOC(=O)[C@@H]1OS(=O)OC1[C@H]1C(C)=CC(C)=CC1C. The second kappa shape index (κ2) is 6.20. The predicted molar refractivity (Wildman–Crippen MR) is 74.7 cm³/mol. The van der Waals surface area contributed by atoms with Gasteiger partial charge in [0.1, 0.15) is 6.10 Å². The van der Waals surface area contributed by atoms with Crippen molar-refractivity contribution < 1.29 is 22.1 Å². The first-order chi connectivity index (χ1) is 9.43. The Kier molecular flexibility index (Phi) is 4.78. The molecule has 1 fully saturated rings. The molecule has 112 valence electrons. The lowest BCUT2D eigenvalue weighted by Gasteiger charge is -2.31. The van der Waals surface area contributed by atoms with Crippen molar-refractivity contribution in [3.63, 3.8) is 0 Å². The zero-order valence-electron chi connectivity index (χ0n) is 12.1. The molecule has 0 radical (unpaired) electrons. The molecule has 1 aliphatic carbocycles. The van der Waals surface area contributed by atoms with Crippen LogP contribution in [0.1, 0.15) is 27.7 Å². The monoisotopic (exact) mass is 300 g/mol. The fourth-order valence-corrected chi connectivity index (χ4v) is 3.75. The molecule has 0 saturated carbocycles. The van der Waals surface area contributed by atoms with Gasteiger partial charge in [-0.05, 0) is 26.7 Å². The summed E-state index contributed by atoms with van der Waals surface area (Å²) in [5.41, 5.74) is 2.28. The van der Waals surface area contributed by atoms with Crippen LogP contribution in [0.4, 0.5) is 0 Å². The topological polar surface area (TPSA) is 61.8 Å². The van der Waals surface area contributed by atoms with E-state index in [1.54, 1.807) is 6.92 Å². The van der Waals surface area contributed by atoms with E-state index in [1.807, 2.05) is 13.8 Å². The molecule has 0 bridgehead atoms. The van der Waals surface area contributed by atoms with Crippen LogP contribution in [-0.2, 0) is 29.3 Å². The molecule has 5 nitrogen and oxygen atoms in total. The first-order valence-electron chi connectivity index (χ1n) is 6.73. The van der Waals surface area contributed by atoms with Crippen LogP contribution in [0, 0.1) is 11.8 Å². The maximum absolute atomic E-state index is 11.9. The minimum absolute atomic E-state index is 0.0421. The van der Waals surface area contributed by atoms with Crippen LogP contribution in [0.5, 0.6) is 0 Å². The van der Waals surface area contributed by atoms with Gasteiger partial charge in [0.25, 0.3) is 0 Å². The fraction of sp³-hybridized carbons (Fsp3) is 0.643. The van der Waals surface area contributed by atoms with Gasteiger partial charge < -0.3 is 4.74 Å². The molecule has 1 saturated heterocycles.